The van der Waals surface area contributed by atoms with Gasteiger partial charge in [0, 0.05) is 26.7 Å². The minimum absolute atomic E-state index is 0.638. The van der Waals surface area contributed by atoms with Crippen molar-refractivity contribution in [3.8, 4) is 0 Å². The van der Waals surface area contributed by atoms with Crippen molar-refractivity contribution in [1.29, 1.82) is 0 Å². The van der Waals surface area contributed by atoms with Crippen molar-refractivity contribution in [2.24, 2.45) is 22.6 Å². The Labute approximate surface area is 122 Å². The van der Waals surface area contributed by atoms with Crippen LogP contribution in [0.2, 0.25) is 0 Å². The maximum atomic E-state index is 5.92. The fraction of sp³-hybridized carbons (Fsp3) is 0.933. The lowest BCUT2D eigenvalue weighted by molar-refractivity contribution is 0.121. The number of hydrogen-bond acceptors (Lipinski definition) is 3. The summed E-state index contributed by atoms with van der Waals surface area (Å²) in [7, 11) is 1.77. The number of nitrogens with one attached hydrogen (secondary N) is 1. The lowest BCUT2D eigenvalue weighted by Crippen LogP contribution is -2.41. The van der Waals surface area contributed by atoms with E-state index in [1.54, 1.807) is 7.11 Å². The lowest BCUT2D eigenvalue weighted by atomic mass is 9.86. The van der Waals surface area contributed by atoms with Crippen LogP contribution >= 0.6 is 0 Å². The molecule has 0 aromatic carbocycles. The molecule has 0 spiro atoms. The first-order chi connectivity index (χ1) is 9.78. The number of ether oxygens (including phenoxy) is 1. The van der Waals surface area contributed by atoms with Crippen molar-refractivity contribution in [3.63, 3.8) is 0 Å². The zero-order valence-electron chi connectivity index (χ0n) is 12.8. The second-order valence-electron chi connectivity index (χ2n) is 6.18. The Hall–Kier alpha value is -0.810. The summed E-state index contributed by atoms with van der Waals surface area (Å²) in [6.07, 6.45) is 6.52. The molecule has 1 saturated heterocycles. The van der Waals surface area contributed by atoms with Gasteiger partial charge in [-0.1, -0.05) is 6.42 Å². The highest BCUT2D eigenvalue weighted by molar-refractivity contribution is 5.77. The number of nitrogens with two attached hydrogens (primary N) is 1. The molecule has 1 aliphatic carbocycles. The molecule has 2 fully saturated rings. The predicted octanol–water partition coefficient (Wildman–Crippen LogP) is 1.05. The number of guanidine groups is 1. The molecule has 0 bridgehead atoms. The van der Waals surface area contributed by atoms with Crippen LogP contribution in [0.4, 0.5) is 0 Å². The molecule has 0 aromatic heterocycles. The quantitative estimate of drug-likeness (QED) is 0.541. The molecular weight excluding hydrogens is 252 g/mol. The molecule has 0 atom stereocenters. The summed E-state index contributed by atoms with van der Waals surface area (Å²) >= 11 is 0. The van der Waals surface area contributed by atoms with E-state index in [9.17, 15) is 0 Å². The number of nitrogens with zero attached hydrogens (tertiary/aromatic N) is 2. The van der Waals surface area contributed by atoms with E-state index in [4.69, 9.17) is 10.5 Å². The topological polar surface area (TPSA) is 62.9 Å². The molecule has 1 aliphatic heterocycles. The lowest BCUT2D eigenvalue weighted by Gasteiger charge is -2.31. The Morgan fingerprint density at radius 3 is 2.60 bits per heavy atom. The van der Waals surface area contributed by atoms with Crippen molar-refractivity contribution in [2.75, 3.05) is 46.4 Å². The van der Waals surface area contributed by atoms with Gasteiger partial charge in [0.2, 0.25) is 0 Å². The molecule has 5 nitrogen and oxygen atoms in total. The molecule has 0 radical (unpaired) electrons. The molecule has 0 aromatic rings. The number of rotatable bonds is 7. The van der Waals surface area contributed by atoms with Crippen LogP contribution in [0.3, 0.4) is 0 Å². The fourth-order valence-corrected chi connectivity index (χ4v) is 2.84. The molecule has 5 heteroatoms. The normalized spacial score (nSPS) is 22.8. The third kappa shape index (κ3) is 5.29. The van der Waals surface area contributed by atoms with Gasteiger partial charge in [0.1, 0.15) is 0 Å². The van der Waals surface area contributed by atoms with Gasteiger partial charge in [-0.15, -0.1) is 0 Å². The van der Waals surface area contributed by atoms with E-state index in [0.29, 0.717) is 5.96 Å². The molecule has 20 heavy (non-hydrogen) atoms. The van der Waals surface area contributed by atoms with E-state index in [1.165, 1.54) is 45.2 Å². The first-order valence-corrected chi connectivity index (χ1v) is 8.03. The SMILES string of the molecule is COCCN1CCC(CNC(N)=NCC2CCC2)CC1. The third-order valence-electron chi connectivity index (χ3n) is 4.64. The summed E-state index contributed by atoms with van der Waals surface area (Å²) in [5, 5.41) is 3.30. The minimum atomic E-state index is 0.638. The number of aliphatic imine (C=N–C) groups is 1. The van der Waals surface area contributed by atoms with E-state index in [1.807, 2.05) is 0 Å². The molecule has 0 unspecified atom stereocenters. The monoisotopic (exact) mass is 282 g/mol. The highest BCUT2D eigenvalue weighted by Crippen LogP contribution is 2.26. The van der Waals surface area contributed by atoms with Gasteiger partial charge in [0.25, 0.3) is 0 Å². The van der Waals surface area contributed by atoms with Crippen molar-refractivity contribution >= 4 is 5.96 Å². The van der Waals surface area contributed by atoms with Gasteiger partial charge in [-0.3, -0.25) is 4.99 Å². The zero-order valence-corrected chi connectivity index (χ0v) is 12.8. The Bertz CT molecular complexity index is 296. The van der Waals surface area contributed by atoms with Crippen LogP contribution in [-0.2, 0) is 4.74 Å². The molecule has 2 aliphatic rings. The largest absolute Gasteiger partial charge is 0.383 e. The van der Waals surface area contributed by atoms with Crippen LogP contribution in [0.5, 0.6) is 0 Å². The second-order valence-corrected chi connectivity index (χ2v) is 6.18. The van der Waals surface area contributed by atoms with Gasteiger partial charge in [-0.05, 0) is 50.6 Å². The Morgan fingerprint density at radius 1 is 1.25 bits per heavy atom. The zero-order chi connectivity index (χ0) is 14.2. The molecule has 0 amide bonds. The summed E-state index contributed by atoms with van der Waals surface area (Å²) < 4.78 is 5.12. The molecule has 3 N–H and O–H groups in total. The second kappa shape index (κ2) is 8.47. The summed E-state index contributed by atoms with van der Waals surface area (Å²) in [6, 6.07) is 0. The molecule has 1 heterocycles. The van der Waals surface area contributed by atoms with E-state index >= 15 is 0 Å². The van der Waals surface area contributed by atoms with Crippen LogP contribution < -0.4 is 11.1 Å². The van der Waals surface area contributed by atoms with E-state index in [-0.39, 0.29) is 0 Å². The standard InChI is InChI=1S/C15H30N4O/c1-20-10-9-19-7-5-14(6-8-19)12-18-15(16)17-11-13-3-2-4-13/h13-14H,2-12H2,1H3,(H3,16,17,18). The highest BCUT2D eigenvalue weighted by Gasteiger charge is 2.19. The van der Waals surface area contributed by atoms with E-state index < -0.39 is 0 Å². The van der Waals surface area contributed by atoms with Gasteiger partial charge >= 0.3 is 0 Å². The number of likely N-dealkylation sites (tertiary alicyclic amines) is 1. The number of methoxy groups -OCH3 is 1. The van der Waals surface area contributed by atoms with Gasteiger partial charge < -0.3 is 20.7 Å². The predicted molar refractivity (Wildman–Crippen MR) is 82.9 cm³/mol. The average Bonchev–Trinajstić information content (AvgIpc) is 2.42. The Morgan fingerprint density at radius 2 is 2.00 bits per heavy atom. The first kappa shape index (κ1) is 15.6. The summed E-state index contributed by atoms with van der Waals surface area (Å²) in [5.41, 5.74) is 5.92. The summed E-state index contributed by atoms with van der Waals surface area (Å²) in [6.45, 7) is 6.13. The highest BCUT2D eigenvalue weighted by atomic mass is 16.5. The van der Waals surface area contributed by atoms with Gasteiger partial charge in [-0.2, -0.15) is 0 Å². The van der Waals surface area contributed by atoms with E-state index in [0.717, 1.165) is 38.1 Å². The first-order valence-electron chi connectivity index (χ1n) is 8.03. The van der Waals surface area contributed by atoms with Gasteiger partial charge in [-0.25, -0.2) is 0 Å². The van der Waals surface area contributed by atoms with Crippen LogP contribution in [0.1, 0.15) is 32.1 Å². The molecular formula is C15H30N4O. The van der Waals surface area contributed by atoms with Crippen LogP contribution in [0.25, 0.3) is 0 Å². The van der Waals surface area contributed by atoms with Crippen molar-refractivity contribution in [3.05, 3.63) is 0 Å². The summed E-state index contributed by atoms with van der Waals surface area (Å²) in [4.78, 5) is 6.92. The Kier molecular flexibility index (Phi) is 6.60. The van der Waals surface area contributed by atoms with E-state index in [2.05, 4.69) is 15.2 Å². The minimum Gasteiger partial charge on any atom is -0.383 e. The van der Waals surface area contributed by atoms with Gasteiger partial charge in [0.05, 0.1) is 6.61 Å². The smallest absolute Gasteiger partial charge is 0.188 e. The molecule has 2 rings (SSSR count). The van der Waals surface area contributed by atoms with Crippen LogP contribution in [-0.4, -0.2) is 57.3 Å². The molecule has 116 valence electrons. The third-order valence-corrected chi connectivity index (χ3v) is 4.64. The number of piperidine rings is 1. The maximum Gasteiger partial charge on any atom is 0.188 e. The molecule has 1 saturated carbocycles. The van der Waals surface area contributed by atoms with Gasteiger partial charge in [0.15, 0.2) is 5.96 Å². The summed E-state index contributed by atoms with van der Waals surface area (Å²) in [5.74, 6) is 2.16. The van der Waals surface area contributed by atoms with Crippen LogP contribution in [0.15, 0.2) is 4.99 Å². The Balaban J connectivity index is 1.55. The van der Waals surface area contributed by atoms with Crippen molar-refractivity contribution < 1.29 is 4.74 Å². The number of hydrogen-bond donors (Lipinski definition) is 2. The average molecular weight is 282 g/mol. The van der Waals surface area contributed by atoms with Crippen LogP contribution in [0, 0.1) is 11.8 Å². The van der Waals surface area contributed by atoms with Crippen molar-refractivity contribution in [2.45, 2.75) is 32.1 Å². The van der Waals surface area contributed by atoms with Crippen molar-refractivity contribution in [1.82, 2.24) is 10.2 Å². The fourth-order valence-electron chi connectivity index (χ4n) is 2.84. The maximum absolute atomic E-state index is 5.92.